The molecule has 1 heterocycles. The quantitative estimate of drug-likeness (QED) is 0.891. The molecule has 2 atom stereocenters. The minimum atomic E-state index is -3.56. The fraction of sp³-hybridized carbons (Fsp3) is 0.583. The lowest BCUT2D eigenvalue weighted by Crippen LogP contribution is -2.30. The van der Waals surface area contributed by atoms with E-state index in [2.05, 4.69) is 16.6 Å². The zero-order chi connectivity index (χ0) is 14.0. The first-order chi connectivity index (χ1) is 8.90. The number of anilines is 1. The smallest absolute Gasteiger partial charge is 0.242 e. The average Bonchev–Trinajstić information content (AvgIpc) is 2.76. The molecule has 2 rings (SSSR count). The molecule has 2 unspecified atom stereocenters. The zero-order valence-corrected chi connectivity index (χ0v) is 12.3. The molecule has 1 aromatic rings. The highest BCUT2D eigenvalue weighted by atomic mass is 35.5. The fourth-order valence-electron chi connectivity index (χ4n) is 2.40. The highest BCUT2D eigenvalue weighted by Crippen LogP contribution is 2.30. The third-order valence-corrected chi connectivity index (χ3v) is 5.42. The third-order valence-electron chi connectivity index (χ3n) is 3.73. The van der Waals surface area contributed by atoms with E-state index in [0.29, 0.717) is 18.4 Å². The van der Waals surface area contributed by atoms with E-state index in [9.17, 15) is 8.42 Å². The molecule has 1 aliphatic carbocycles. The number of pyridine rings is 1. The second kappa shape index (κ2) is 5.64. The molecule has 1 saturated carbocycles. The van der Waals surface area contributed by atoms with E-state index in [1.165, 1.54) is 25.1 Å². The molecule has 0 radical (unpaired) electrons. The number of rotatable bonds is 4. The van der Waals surface area contributed by atoms with Crippen LogP contribution in [0.3, 0.4) is 0 Å². The van der Waals surface area contributed by atoms with E-state index in [0.717, 1.165) is 6.42 Å². The van der Waals surface area contributed by atoms with Crippen molar-refractivity contribution >= 4 is 27.4 Å². The zero-order valence-electron chi connectivity index (χ0n) is 10.8. The first kappa shape index (κ1) is 14.6. The van der Waals surface area contributed by atoms with Gasteiger partial charge in [-0.1, -0.05) is 31.4 Å². The first-order valence-electron chi connectivity index (χ1n) is 6.31. The summed E-state index contributed by atoms with van der Waals surface area (Å²) in [5, 5.41) is 0.150. The van der Waals surface area contributed by atoms with Gasteiger partial charge in [-0.25, -0.2) is 18.1 Å². The van der Waals surface area contributed by atoms with Crippen molar-refractivity contribution in [3.63, 3.8) is 0 Å². The van der Waals surface area contributed by atoms with Crippen LogP contribution in [0.25, 0.3) is 0 Å². The minimum Gasteiger partial charge on any atom is -0.382 e. The molecule has 1 aromatic heterocycles. The van der Waals surface area contributed by atoms with Crippen molar-refractivity contribution in [1.29, 1.82) is 0 Å². The highest BCUT2D eigenvalue weighted by molar-refractivity contribution is 7.89. The van der Waals surface area contributed by atoms with Gasteiger partial charge < -0.3 is 5.73 Å². The molecule has 106 valence electrons. The number of hydrogen-bond donors (Lipinski definition) is 2. The number of sulfonamides is 1. The Hall–Kier alpha value is -0.850. The van der Waals surface area contributed by atoms with Gasteiger partial charge in [0.05, 0.1) is 5.02 Å². The van der Waals surface area contributed by atoms with E-state index in [1.54, 1.807) is 0 Å². The van der Waals surface area contributed by atoms with Crippen LogP contribution in [-0.4, -0.2) is 19.9 Å². The van der Waals surface area contributed by atoms with Crippen molar-refractivity contribution in [1.82, 2.24) is 9.71 Å². The van der Waals surface area contributed by atoms with Gasteiger partial charge >= 0.3 is 0 Å². The maximum absolute atomic E-state index is 12.1. The lowest BCUT2D eigenvalue weighted by atomic mass is 9.99. The second-order valence-corrected chi connectivity index (χ2v) is 7.23. The first-order valence-corrected chi connectivity index (χ1v) is 8.17. The number of halogens is 1. The largest absolute Gasteiger partial charge is 0.382 e. The Balaban J connectivity index is 2.07. The van der Waals surface area contributed by atoms with Crippen LogP contribution in [0.1, 0.15) is 26.2 Å². The van der Waals surface area contributed by atoms with Crippen molar-refractivity contribution in [3.05, 3.63) is 17.3 Å². The molecule has 0 amide bonds. The normalized spacial score (nSPS) is 23.7. The molecule has 1 fully saturated rings. The monoisotopic (exact) mass is 303 g/mol. The lowest BCUT2D eigenvalue weighted by Gasteiger charge is -2.16. The van der Waals surface area contributed by atoms with Crippen LogP contribution in [0.15, 0.2) is 17.2 Å². The van der Waals surface area contributed by atoms with Crippen molar-refractivity contribution in [2.45, 2.75) is 31.1 Å². The van der Waals surface area contributed by atoms with Crippen molar-refractivity contribution < 1.29 is 8.42 Å². The Morgan fingerprint density at radius 2 is 2.26 bits per heavy atom. The summed E-state index contributed by atoms with van der Waals surface area (Å²) >= 11 is 5.79. The topological polar surface area (TPSA) is 85.1 Å². The average molecular weight is 304 g/mol. The molecular weight excluding hydrogens is 286 g/mol. The Bertz CT molecular complexity index is 562. The Morgan fingerprint density at radius 3 is 2.84 bits per heavy atom. The molecule has 0 aliphatic heterocycles. The van der Waals surface area contributed by atoms with Crippen LogP contribution in [-0.2, 0) is 10.0 Å². The highest BCUT2D eigenvalue weighted by Gasteiger charge is 2.25. The fourth-order valence-corrected chi connectivity index (χ4v) is 3.70. The standard InChI is InChI=1S/C12H18ClN3O2S/c1-8-3-2-4-9(8)6-16-19(17,18)10-5-11(13)12(14)15-7-10/h5,7-9,16H,2-4,6H2,1H3,(H2,14,15). The number of nitrogens with two attached hydrogens (primary N) is 1. The van der Waals surface area contributed by atoms with Gasteiger partial charge in [0, 0.05) is 12.7 Å². The minimum absolute atomic E-state index is 0.0531. The van der Waals surface area contributed by atoms with Gasteiger partial charge in [0.2, 0.25) is 10.0 Å². The van der Waals surface area contributed by atoms with E-state index in [1.807, 2.05) is 0 Å². The molecule has 0 bridgehead atoms. The summed E-state index contributed by atoms with van der Waals surface area (Å²) in [5.74, 6) is 1.10. The van der Waals surface area contributed by atoms with Gasteiger partial charge in [0.1, 0.15) is 10.7 Å². The Kier molecular flexibility index (Phi) is 4.32. The Labute approximate surface area is 118 Å². The van der Waals surface area contributed by atoms with Gasteiger partial charge in [0.15, 0.2) is 0 Å². The van der Waals surface area contributed by atoms with E-state index < -0.39 is 10.0 Å². The van der Waals surface area contributed by atoms with Crippen molar-refractivity contribution in [2.24, 2.45) is 11.8 Å². The van der Waals surface area contributed by atoms with Crippen LogP contribution in [0.2, 0.25) is 5.02 Å². The van der Waals surface area contributed by atoms with Crippen LogP contribution < -0.4 is 10.5 Å². The van der Waals surface area contributed by atoms with E-state index in [-0.39, 0.29) is 15.7 Å². The maximum Gasteiger partial charge on any atom is 0.242 e. The third kappa shape index (κ3) is 3.38. The van der Waals surface area contributed by atoms with Gasteiger partial charge in [-0.05, 0) is 24.3 Å². The molecule has 0 saturated heterocycles. The molecular formula is C12H18ClN3O2S. The van der Waals surface area contributed by atoms with Gasteiger partial charge in [-0.3, -0.25) is 0 Å². The molecule has 19 heavy (non-hydrogen) atoms. The molecule has 5 nitrogen and oxygen atoms in total. The van der Waals surface area contributed by atoms with Crippen molar-refractivity contribution in [2.75, 3.05) is 12.3 Å². The number of hydrogen-bond acceptors (Lipinski definition) is 4. The number of nitrogens with one attached hydrogen (secondary N) is 1. The van der Waals surface area contributed by atoms with E-state index in [4.69, 9.17) is 17.3 Å². The SMILES string of the molecule is CC1CCCC1CNS(=O)(=O)c1cnc(N)c(Cl)c1. The number of nitrogen functional groups attached to an aromatic ring is 1. The van der Waals surface area contributed by atoms with Crippen LogP contribution in [0, 0.1) is 11.8 Å². The molecule has 1 aliphatic rings. The number of nitrogens with zero attached hydrogens (tertiary/aromatic N) is 1. The van der Waals surface area contributed by atoms with Crippen LogP contribution in [0.4, 0.5) is 5.82 Å². The second-order valence-electron chi connectivity index (χ2n) is 5.06. The van der Waals surface area contributed by atoms with Gasteiger partial charge in [-0.15, -0.1) is 0 Å². The van der Waals surface area contributed by atoms with Crippen molar-refractivity contribution in [3.8, 4) is 0 Å². The molecule has 0 aromatic carbocycles. The predicted octanol–water partition coefficient (Wildman–Crippen LogP) is 2.03. The maximum atomic E-state index is 12.1. The van der Waals surface area contributed by atoms with Crippen LogP contribution >= 0.6 is 11.6 Å². The molecule has 3 N–H and O–H groups in total. The van der Waals surface area contributed by atoms with Gasteiger partial charge in [0.25, 0.3) is 0 Å². The predicted molar refractivity (Wildman–Crippen MR) is 75.4 cm³/mol. The van der Waals surface area contributed by atoms with Crippen LogP contribution in [0.5, 0.6) is 0 Å². The summed E-state index contributed by atoms with van der Waals surface area (Å²) in [6.45, 7) is 2.62. The molecule has 7 heteroatoms. The summed E-state index contributed by atoms with van der Waals surface area (Å²) in [6, 6.07) is 1.32. The molecule has 0 spiro atoms. The summed E-state index contributed by atoms with van der Waals surface area (Å²) in [5.41, 5.74) is 5.47. The summed E-state index contributed by atoms with van der Waals surface area (Å²) in [4.78, 5) is 3.82. The summed E-state index contributed by atoms with van der Waals surface area (Å²) in [7, 11) is -3.56. The summed E-state index contributed by atoms with van der Waals surface area (Å²) in [6.07, 6.45) is 4.64. The van der Waals surface area contributed by atoms with Gasteiger partial charge in [-0.2, -0.15) is 0 Å². The number of aromatic nitrogens is 1. The Morgan fingerprint density at radius 1 is 1.53 bits per heavy atom. The lowest BCUT2D eigenvalue weighted by molar-refractivity contribution is 0.414. The van der Waals surface area contributed by atoms with E-state index >= 15 is 0 Å². The summed E-state index contributed by atoms with van der Waals surface area (Å²) < 4.78 is 26.8.